The van der Waals surface area contributed by atoms with Gasteiger partial charge in [0.05, 0.1) is 30.2 Å². The second-order valence-corrected chi connectivity index (χ2v) is 10.7. The molecule has 9 nitrogen and oxygen atoms in total. The molecule has 34 heavy (non-hydrogen) atoms. The second-order valence-electron chi connectivity index (χ2n) is 9.74. The fourth-order valence-corrected chi connectivity index (χ4v) is 6.23. The Morgan fingerprint density at radius 1 is 1.21 bits per heavy atom. The number of pyridine rings is 1. The van der Waals surface area contributed by atoms with Gasteiger partial charge < -0.3 is 25.4 Å². The Morgan fingerprint density at radius 2 is 1.91 bits per heavy atom. The number of carbonyl (C=O) groups excluding carboxylic acids is 2. The summed E-state index contributed by atoms with van der Waals surface area (Å²) in [5.74, 6) is 0.246. The summed E-state index contributed by atoms with van der Waals surface area (Å²) >= 11 is 1.20. The van der Waals surface area contributed by atoms with Crippen LogP contribution in [0.2, 0.25) is 0 Å². The number of ether oxygens (including phenoxy) is 1. The third-order valence-electron chi connectivity index (χ3n) is 6.87. The van der Waals surface area contributed by atoms with Gasteiger partial charge in [-0.3, -0.25) is 9.59 Å². The van der Waals surface area contributed by atoms with Crippen LogP contribution in [0.3, 0.4) is 0 Å². The number of aromatic nitrogens is 2. The molecule has 3 N–H and O–H groups in total. The molecule has 5 rings (SSSR count). The molecule has 3 aliphatic rings. The minimum absolute atomic E-state index is 0.108. The lowest BCUT2D eigenvalue weighted by Crippen LogP contribution is -2.42. The molecule has 5 heterocycles. The first-order valence-corrected chi connectivity index (χ1v) is 12.8. The molecule has 0 saturated carbocycles. The maximum Gasteiger partial charge on any atom is 0.280 e. The molecule has 0 radical (unpaired) electrons. The Morgan fingerprint density at radius 3 is 2.50 bits per heavy atom. The van der Waals surface area contributed by atoms with E-state index in [2.05, 4.69) is 20.6 Å². The van der Waals surface area contributed by atoms with Gasteiger partial charge in [0.15, 0.2) is 5.01 Å². The Bertz CT molecular complexity index is 1080. The van der Waals surface area contributed by atoms with Gasteiger partial charge in [0, 0.05) is 29.9 Å². The van der Waals surface area contributed by atoms with E-state index in [1.807, 2.05) is 31.7 Å². The van der Waals surface area contributed by atoms with Crippen molar-refractivity contribution in [2.75, 3.05) is 18.5 Å². The van der Waals surface area contributed by atoms with Crippen LogP contribution in [0.4, 0.5) is 5.82 Å². The highest BCUT2D eigenvalue weighted by atomic mass is 32.1. The van der Waals surface area contributed by atoms with Crippen molar-refractivity contribution in [3.63, 3.8) is 0 Å². The molecule has 2 aromatic rings. The first-order valence-electron chi connectivity index (χ1n) is 12.0. The van der Waals surface area contributed by atoms with Crippen LogP contribution in [0.5, 0.6) is 0 Å². The molecule has 0 aromatic carbocycles. The van der Waals surface area contributed by atoms with Gasteiger partial charge in [0.25, 0.3) is 11.8 Å². The predicted molar refractivity (Wildman–Crippen MR) is 129 cm³/mol. The van der Waals surface area contributed by atoms with E-state index < -0.39 is 18.1 Å². The summed E-state index contributed by atoms with van der Waals surface area (Å²) in [6.07, 6.45) is 5.10. The third kappa shape index (κ3) is 4.30. The quantitative estimate of drug-likeness (QED) is 0.576. The van der Waals surface area contributed by atoms with E-state index in [-0.39, 0.29) is 42.3 Å². The summed E-state index contributed by atoms with van der Waals surface area (Å²) in [4.78, 5) is 38.4. The average molecular weight is 486 g/mol. The molecule has 10 heteroatoms. The maximum atomic E-state index is 13.7. The van der Waals surface area contributed by atoms with Gasteiger partial charge in [0.2, 0.25) is 0 Å². The molecule has 0 spiro atoms. The molecule has 3 aliphatic heterocycles. The highest BCUT2D eigenvalue weighted by Crippen LogP contribution is 2.41. The number of aryl methyl sites for hydroxylation is 1. The van der Waals surface area contributed by atoms with Crippen molar-refractivity contribution in [1.29, 1.82) is 0 Å². The molecule has 2 amide bonds. The van der Waals surface area contributed by atoms with E-state index in [1.165, 1.54) is 11.3 Å². The van der Waals surface area contributed by atoms with Crippen LogP contribution in [0.25, 0.3) is 10.4 Å². The zero-order valence-electron chi connectivity index (χ0n) is 19.7. The van der Waals surface area contributed by atoms with Gasteiger partial charge in [-0.15, -0.1) is 11.3 Å². The molecule has 0 aliphatic carbocycles. The number of nitrogens with one attached hydrogen (secondary N) is 2. The molecule has 3 fully saturated rings. The topological polar surface area (TPSA) is 117 Å². The maximum absolute atomic E-state index is 13.7. The lowest BCUT2D eigenvalue weighted by Gasteiger charge is -2.21. The molecule has 182 valence electrons. The third-order valence-corrected chi connectivity index (χ3v) is 7.96. The van der Waals surface area contributed by atoms with Gasteiger partial charge in [-0.2, -0.15) is 0 Å². The van der Waals surface area contributed by atoms with Gasteiger partial charge in [0.1, 0.15) is 11.5 Å². The second kappa shape index (κ2) is 9.24. The number of rotatable bonds is 6. The number of hydrogen-bond donors (Lipinski definition) is 3. The van der Waals surface area contributed by atoms with E-state index >= 15 is 0 Å². The van der Waals surface area contributed by atoms with E-state index in [9.17, 15) is 14.7 Å². The van der Waals surface area contributed by atoms with Crippen molar-refractivity contribution in [3.05, 3.63) is 28.5 Å². The highest BCUT2D eigenvalue weighted by Gasteiger charge is 2.44. The zero-order valence-corrected chi connectivity index (χ0v) is 20.5. The number of anilines is 1. The predicted octanol–water partition coefficient (Wildman–Crippen LogP) is 2.59. The van der Waals surface area contributed by atoms with Gasteiger partial charge in [-0.1, -0.05) is 0 Å². The smallest absolute Gasteiger partial charge is 0.280 e. The first kappa shape index (κ1) is 23.2. The number of carbonyl (C=O) groups is 2. The molecule has 2 atom stereocenters. The van der Waals surface area contributed by atoms with Crippen molar-refractivity contribution in [3.8, 4) is 10.4 Å². The fourth-order valence-electron chi connectivity index (χ4n) is 5.19. The van der Waals surface area contributed by atoms with Crippen LogP contribution in [0.15, 0.2) is 12.3 Å². The summed E-state index contributed by atoms with van der Waals surface area (Å²) in [5, 5.41) is 16.3. The summed E-state index contributed by atoms with van der Waals surface area (Å²) in [7, 11) is 0. The Kier molecular flexibility index (Phi) is 6.30. The lowest BCUT2D eigenvalue weighted by atomic mass is 10.0. The summed E-state index contributed by atoms with van der Waals surface area (Å²) in [5.41, 5.74) is 2.06. The molecule has 2 aromatic heterocycles. The standard InChI is InChI=1S/C24H31N5O4S/c1-12(2)26-19-8-13(3)16(9-25-19)21-20(24(32)29-14-4-5-15(29)7-6-14)28-23(34-21)22(31)27-17-10-33-11-18(17)30/h8-9,12,14-15,17-18,30H,4-7,10-11H2,1-3H3,(H,25,26)(H,27,31)/t14?,15?,17-,18+/m1/s1. The minimum Gasteiger partial charge on any atom is -0.388 e. The summed E-state index contributed by atoms with van der Waals surface area (Å²) in [6.45, 7) is 6.51. The summed E-state index contributed by atoms with van der Waals surface area (Å²) < 4.78 is 5.24. The monoisotopic (exact) mass is 485 g/mol. The normalized spacial score (nSPS) is 25.9. The number of nitrogens with zero attached hydrogens (tertiary/aromatic N) is 3. The van der Waals surface area contributed by atoms with Gasteiger partial charge in [-0.25, -0.2) is 9.97 Å². The van der Waals surface area contributed by atoms with Crippen LogP contribution >= 0.6 is 11.3 Å². The average Bonchev–Trinajstić information content (AvgIpc) is 3.57. The SMILES string of the molecule is Cc1cc(NC(C)C)ncc1-c1sc(C(=O)N[C@@H]2COC[C@@H]2O)nc1C(=O)N1C2CCC1CC2. The van der Waals surface area contributed by atoms with E-state index in [1.54, 1.807) is 6.20 Å². The Hall–Kier alpha value is -2.56. The fraction of sp³-hybridized carbons (Fsp3) is 0.583. The van der Waals surface area contributed by atoms with Crippen molar-refractivity contribution < 1.29 is 19.4 Å². The Labute approximate surface area is 202 Å². The largest absolute Gasteiger partial charge is 0.388 e. The van der Waals surface area contributed by atoms with E-state index in [0.29, 0.717) is 10.6 Å². The lowest BCUT2D eigenvalue weighted by molar-refractivity contribution is 0.0725. The van der Waals surface area contributed by atoms with Crippen LogP contribution < -0.4 is 10.6 Å². The van der Waals surface area contributed by atoms with Gasteiger partial charge >= 0.3 is 0 Å². The molecule has 0 unspecified atom stereocenters. The Balaban J connectivity index is 1.50. The van der Waals surface area contributed by atoms with Crippen molar-refractivity contribution in [2.45, 2.75) is 76.7 Å². The molecule has 3 saturated heterocycles. The van der Waals surface area contributed by atoms with E-state index in [4.69, 9.17) is 4.74 Å². The molecular weight excluding hydrogens is 454 g/mol. The van der Waals surface area contributed by atoms with Crippen molar-refractivity contribution in [1.82, 2.24) is 20.2 Å². The van der Waals surface area contributed by atoms with Crippen LogP contribution in [-0.4, -0.2) is 75.3 Å². The molecule has 2 bridgehead atoms. The molecular formula is C24H31N5O4S. The minimum atomic E-state index is -0.753. The number of amides is 2. The highest BCUT2D eigenvalue weighted by molar-refractivity contribution is 7.17. The van der Waals surface area contributed by atoms with E-state index in [0.717, 1.165) is 42.6 Å². The van der Waals surface area contributed by atoms with Crippen LogP contribution in [0, 0.1) is 6.92 Å². The summed E-state index contributed by atoms with van der Waals surface area (Å²) in [6, 6.07) is 2.22. The number of thiazole rings is 1. The van der Waals surface area contributed by atoms with Gasteiger partial charge in [-0.05, 0) is 58.1 Å². The van der Waals surface area contributed by atoms with Crippen molar-refractivity contribution >= 4 is 29.0 Å². The van der Waals surface area contributed by atoms with Crippen LogP contribution in [-0.2, 0) is 4.74 Å². The number of aliphatic hydroxyl groups excluding tert-OH is 1. The van der Waals surface area contributed by atoms with Crippen LogP contribution in [0.1, 0.15) is 65.4 Å². The number of aliphatic hydroxyl groups is 1. The first-order chi connectivity index (χ1) is 16.3. The number of fused-ring (bicyclic) bond motifs is 2. The number of hydrogen-bond acceptors (Lipinski definition) is 8. The van der Waals surface area contributed by atoms with Crippen molar-refractivity contribution in [2.24, 2.45) is 0 Å². The zero-order chi connectivity index (χ0) is 24.0.